The van der Waals surface area contributed by atoms with Crippen LogP contribution in [0.5, 0.6) is 0 Å². The predicted molar refractivity (Wildman–Crippen MR) is 86.6 cm³/mol. The standard InChI is InChI=1S/C18H29N3/c1-4-14-5-6-15(11-14)18-20-12(2)17(13(3)21-18)9-10-19-16-7-8-16/h14-16,19H,4-11H2,1-3H3. The largest absolute Gasteiger partial charge is 0.314 e. The quantitative estimate of drug-likeness (QED) is 0.867. The number of aryl methyl sites for hydroxylation is 2. The molecular formula is C18H29N3. The Kier molecular flexibility index (Phi) is 4.58. The molecule has 0 radical (unpaired) electrons. The maximum absolute atomic E-state index is 4.86. The predicted octanol–water partition coefficient (Wildman–Crippen LogP) is 3.68. The van der Waals surface area contributed by atoms with Gasteiger partial charge in [0.05, 0.1) is 0 Å². The Bertz CT molecular complexity index is 470. The topological polar surface area (TPSA) is 37.8 Å². The summed E-state index contributed by atoms with van der Waals surface area (Å²) in [6.45, 7) is 7.70. The molecule has 2 fully saturated rings. The Hall–Kier alpha value is -0.960. The Balaban J connectivity index is 1.66. The Morgan fingerprint density at radius 1 is 1.05 bits per heavy atom. The van der Waals surface area contributed by atoms with Crippen molar-refractivity contribution in [2.24, 2.45) is 5.92 Å². The number of nitrogens with one attached hydrogen (secondary N) is 1. The maximum Gasteiger partial charge on any atom is 0.131 e. The smallest absolute Gasteiger partial charge is 0.131 e. The molecule has 3 rings (SSSR count). The monoisotopic (exact) mass is 287 g/mol. The number of aromatic nitrogens is 2. The molecule has 0 saturated heterocycles. The zero-order chi connectivity index (χ0) is 14.8. The van der Waals surface area contributed by atoms with E-state index < -0.39 is 0 Å². The van der Waals surface area contributed by atoms with Gasteiger partial charge < -0.3 is 5.32 Å². The Labute approximate surface area is 129 Å². The molecule has 2 aliphatic carbocycles. The lowest BCUT2D eigenvalue weighted by Crippen LogP contribution is -2.20. The van der Waals surface area contributed by atoms with Gasteiger partial charge in [-0.05, 0) is 70.4 Å². The molecule has 1 aromatic heterocycles. The first kappa shape index (κ1) is 15.0. The zero-order valence-electron chi connectivity index (χ0n) is 13.8. The van der Waals surface area contributed by atoms with Crippen LogP contribution in [0.4, 0.5) is 0 Å². The van der Waals surface area contributed by atoms with E-state index in [1.165, 1.54) is 55.5 Å². The van der Waals surface area contributed by atoms with Crippen LogP contribution in [0, 0.1) is 19.8 Å². The van der Waals surface area contributed by atoms with E-state index in [9.17, 15) is 0 Å². The Morgan fingerprint density at radius 3 is 2.33 bits per heavy atom. The molecule has 3 heteroatoms. The van der Waals surface area contributed by atoms with Gasteiger partial charge in [-0.2, -0.15) is 0 Å². The van der Waals surface area contributed by atoms with Crippen LogP contribution in [-0.2, 0) is 6.42 Å². The molecule has 1 N–H and O–H groups in total. The van der Waals surface area contributed by atoms with Crippen LogP contribution >= 0.6 is 0 Å². The van der Waals surface area contributed by atoms with Crippen molar-refractivity contribution in [3.8, 4) is 0 Å². The summed E-state index contributed by atoms with van der Waals surface area (Å²) in [6.07, 6.45) is 9.01. The highest BCUT2D eigenvalue weighted by Crippen LogP contribution is 2.38. The molecule has 0 amide bonds. The van der Waals surface area contributed by atoms with Gasteiger partial charge >= 0.3 is 0 Å². The van der Waals surface area contributed by atoms with Gasteiger partial charge in [-0.3, -0.25) is 0 Å². The van der Waals surface area contributed by atoms with Crippen molar-refractivity contribution >= 4 is 0 Å². The highest BCUT2D eigenvalue weighted by molar-refractivity contribution is 5.26. The van der Waals surface area contributed by atoms with E-state index in [1.54, 1.807) is 0 Å². The van der Waals surface area contributed by atoms with E-state index in [2.05, 4.69) is 26.1 Å². The average molecular weight is 287 g/mol. The lowest BCUT2D eigenvalue weighted by molar-refractivity contribution is 0.515. The van der Waals surface area contributed by atoms with Gasteiger partial charge in [-0.25, -0.2) is 9.97 Å². The number of nitrogens with zero attached hydrogens (tertiary/aromatic N) is 2. The summed E-state index contributed by atoms with van der Waals surface area (Å²) in [5, 5.41) is 3.59. The third-order valence-electron chi connectivity index (χ3n) is 5.31. The summed E-state index contributed by atoms with van der Waals surface area (Å²) in [6, 6.07) is 0.787. The van der Waals surface area contributed by atoms with E-state index in [-0.39, 0.29) is 0 Å². The van der Waals surface area contributed by atoms with Crippen molar-refractivity contribution in [2.75, 3.05) is 6.54 Å². The molecule has 3 nitrogen and oxygen atoms in total. The first-order chi connectivity index (χ1) is 10.2. The molecule has 116 valence electrons. The molecule has 2 unspecified atom stereocenters. The highest BCUT2D eigenvalue weighted by Gasteiger charge is 2.27. The summed E-state index contributed by atoms with van der Waals surface area (Å²) in [5.74, 6) is 2.60. The molecule has 2 aliphatic rings. The summed E-state index contributed by atoms with van der Waals surface area (Å²) in [5.41, 5.74) is 3.77. The molecule has 21 heavy (non-hydrogen) atoms. The van der Waals surface area contributed by atoms with E-state index in [0.717, 1.165) is 30.7 Å². The van der Waals surface area contributed by atoms with Crippen molar-refractivity contribution in [3.63, 3.8) is 0 Å². The SMILES string of the molecule is CCC1CCC(c2nc(C)c(CCNC3CC3)c(C)n2)C1. The second kappa shape index (κ2) is 6.43. The van der Waals surface area contributed by atoms with Crippen LogP contribution in [0.15, 0.2) is 0 Å². The van der Waals surface area contributed by atoms with Crippen molar-refractivity contribution in [1.82, 2.24) is 15.3 Å². The van der Waals surface area contributed by atoms with Crippen LogP contribution in [0.1, 0.15) is 74.1 Å². The fraction of sp³-hybridized carbons (Fsp3) is 0.778. The minimum Gasteiger partial charge on any atom is -0.314 e. The maximum atomic E-state index is 4.86. The lowest BCUT2D eigenvalue weighted by Gasteiger charge is -2.15. The van der Waals surface area contributed by atoms with Crippen LogP contribution < -0.4 is 5.32 Å². The molecule has 0 spiro atoms. The molecule has 0 aromatic carbocycles. The van der Waals surface area contributed by atoms with Gasteiger partial charge in [-0.1, -0.05) is 13.3 Å². The van der Waals surface area contributed by atoms with E-state index in [0.29, 0.717) is 5.92 Å². The average Bonchev–Trinajstić information content (AvgIpc) is 3.15. The molecular weight excluding hydrogens is 258 g/mol. The molecule has 2 saturated carbocycles. The van der Waals surface area contributed by atoms with Crippen molar-refractivity contribution < 1.29 is 0 Å². The molecule has 1 aromatic rings. The molecule has 0 aliphatic heterocycles. The van der Waals surface area contributed by atoms with Crippen LogP contribution in [0.2, 0.25) is 0 Å². The minimum absolute atomic E-state index is 0.603. The minimum atomic E-state index is 0.603. The van der Waals surface area contributed by atoms with Gasteiger partial charge in [-0.15, -0.1) is 0 Å². The first-order valence-corrected chi connectivity index (χ1v) is 8.74. The second-order valence-corrected chi connectivity index (χ2v) is 6.99. The third-order valence-corrected chi connectivity index (χ3v) is 5.31. The normalized spacial score (nSPS) is 25.5. The van der Waals surface area contributed by atoms with E-state index in [1.807, 2.05) is 0 Å². The first-order valence-electron chi connectivity index (χ1n) is 8.74. The van der Waals surface area contributed by atoms with Crippen molar-refractivity contribution in [1.29, 1.82) is 0 Å². The van der Waals surface area contributed by atoms with Gasteiger partial charge in [0, 0.05) is 23.3 Å². The lowest BCUT2D eigenvalue weighted by atomic mass is 10.0. The summed E-state index contributed by atoms with van der Waals surface area (Å²) >= 11 is 0. The van der Waals surface area contributed by atoms with Gasteiger partial charge in [0.25, 0.3) is 0 Å². The molecule has 2 atom stereocenters. The van der Waals surface area contributed by atoms with E-state index >= 15 is 0 Å². The molecule has 0 bridgehead atoms. The third kappa shape index (κ3) is 3.63. The van der Waals surface area contributed by atoms with Crippen molar-refractivity contribution in [2.45, 2.75) is 77.7 Å². The summed E-state index contributed by atoms with van der Waals surface area (Å²) < 4.78 is 0. The van der Waals surface area contributed by atoms with Gasteiger partial charge in [0.15, 0.2) is 0 Å². The fourth-order valence-electron chi connectivity index (χ4n) is 3.68. The van der Waals surface area contributed by atoms with Crippen molar-refractivity contribution in [3.05, 3.63) is 22.8 Å². The fourth-order valence-corrected chi connectivity index (χ4v) is 3.68. The zero-order valence-corrected chi connectivity index (χ0v) is 13.8. The summed E-state index contributed by atoms with van der Waals surface area (Å²) in [4.78, 5) is 9.72. The van der Waals surface area contributed by atoms with Crippen LogP contribution in [0.25, 0.3) is 0 Å². The second-order valence-electron chi connectivity index (χ2n) is 6.99. The summed E-state index contributed by atoms with van der Waals surface area (Å²) in [7, 11) is 0. The van der Waals surface area contributed by atoms with Crippen LogP contribution in [-0.4, -0.2) is 22.6 Å². The number of rotatable bonds is 6. The molecule has 1 heterocycles. The van der Waals surface area contributed by atoms with E-state index in [4.69, 9.17) is 9.97 Å². The number of hydrogen-bond acceptors (Lipinski definition) is 3. The van der Waals surface area contributed by atoms with Gasteiger partial charge in [0.1, 0.15) is 5.82 Å². The number of hydrogen-bond donors (Lipinski definition) is 1. The Morgan fingerprint density at radius 2 is 1.76 bits per heavy atom. The highest BCUT2D eigenvalue weighted by atomic mass is 14.9. The van der Waals surface area contributed by atoms with Crippen LogP contribution in [0.3, 0.4) is 0 Å². The van der Waals surface area contributed by atoms with Gasteiger partial charge in [0.2, 0.25) is 0 Å².